The summed E-state index contributed by atoms with van der Waals surface area (Å²) < 4.78 is 24.4. The fraction of sp³-hybridized carbons (Fsp3) is 0.929. The van der Waals surface area contributed by atoms with Crippen molar-refractivity contribution in [1.29, 1.82) is 0 Å². The van der Waals surface area contributed by atoms with Crippen LogP contribution in [0.2, 0.25) is 0 Å². The smallest absolute Gasteiger partial charge is 0.317 e. The van der Waals surface area contributed by atoms with E-state index in [1.807, 2.05) is 4.90 Å². The monoisotopic (exact) mass is 315 g/mol. The van der Waals surface area contributed by atoms with E-state index in [2.05, 4.69) is 10.0 Å². The van der Waals surface area contributed by atoms with Crippen molar-refractivity contribution in [2.24, 2.45) is 17.8 Å². The standard InChI is InChI=1S/C14H25N3O3S/c1-21(19,20)16-3-2-15-14(18)17-9-12-5-10-4-11(6-12)8-13(17)7-10/h10-13,16H,2-9H2,1H3,(H,15,18)/t10-,11+,12?,13?. The van der Waals surface area contributed by atoms with Crippen molar-refractivity contribution in [1.82, 2.24) is 14.9 Å². The molecule has 6 nitrogen and oxygen atoms in total. The van der Waals surface area contributed by atoms with Crippen LogP contribution in [0.25, 0.3) is 0 Å². The normalized spacial score (nSPS) is 34.8. The van der Waals surface area contributed by atoms with Gasteiger partial charge in [-0.15, -0.1) is 0 Å². The number of fused-ring (bicyclic) bond motifs is 1. The van der Waals surface area contributed by atoms with Gasteiger partial charge in [-0.05, 0) is 49.9 Å². The number of hydrogen-bond donors (Lipinski definition) is 2. The molecule has 21 heavy (non-hydrogen) atoms. The maximum atomic E-state index is 12.4. The van der Waals surface area contributed by atoms with Crippen LogP contribution < -0.4 is 10.0 Å². The molecule has 2 saturated carbocycles. The van der Waals surface area contributed by atoms with Gasteiger partial charge in [0.1, 0.15) is 0 Å². The molecule has 0 aromatic carbocycles. The summed E-state index contributed by atoms with van der Waals surface area (Å²) in [5.74, 6) is 2.30. The van der Waals surface area contributed by atoms with Crippen molar-refractivity contribution in [2.75, 3.05) is 25.9 Å². The van der Waals surface area contributed by atoms with Crippen molar-refractivity contribution >= 4 is 16.1 Å². The van der Waals surface area contributed by atoms with Crippen LogP contribution in [0.5, 0.6) is 0 Å². The number of nitrogens with zero attached hydrogens (tertiary/aromatic N) is 1. The molecule has 2 unspecified atom stereocenters. The first-order valence-corrected chi connectivity index (χ1v) is 9.79. The first-order valence-electron chi connectivity index (χ1n) is 7.90. The third-order valence-corrected chi connectivity index (χ3v) is 5.86. The molecule has 2 N–H and O–H groups in total. The molecule has 7 heteroatoms. The molecule has 2 saturated heterocycles. The van der Waals surface area contributed by atoms with E-state index in [0.717, 1.165) is 37.5 Å². The van der Waals surface area contributed by atoms with Crippen molar-refractivity contribution in [3.8, 4) is 0 Å². The second-order valence-corrected chi connectivity index (χ2v) is 8.81. The zero-order chi connectivity index (χ0) is 15.0. The minimum Gasteiger partial charge on any atom is -0.337 e. The Morgan fingerprint density at radius 2 is 1.67 bits per heavy atom. The third-order valence-electron chi connectivity index (χ3n) is 5.13. The largest absolute Gasteiger partial charge is 0.337 e. The number of rotatable bonds is 4. The van der Waals surface area contributed by atoms with E-state index in [0.29, 0.717) is 18.5 Å². The molecule has 120 valence electrons. The van der Waals surface area contributed by atoms with Gasteiger partial charge in [0, 0.05) is 25.7 Å². The van der Waals surface area contributed by atoms with Crippen LogP contribution in [0.1, 0.15) is 32.1 Å². The van der Waals surface area contributed by atoms with Gasteiger partial charge in [-0.1, -0.05) is 0 Å². The molecule has 4 aliphatic rings. The Bertz CT molecular complexity index is 494. The summed E-state index contributed by atoms with van der Waals surface area (Å²) in [5.41, 5.74) is 0. The molecule has 2 amide bonds. The van der Waals surface area contributed by atoms with Gasteiger partial charge in [0.2, 0.25) is 10.0 Å². The highest BCUT2D eigenvalue weighted by atomic mass is 32.2. The van der Waals surface area contributed by atoms with Crippen LogP contribution in [-0.4, -0.2) is 51.3 Å². The SMILES string of the molecule is CS(=O)(=O)NCCNC(=O)N1CC2C[C@@H]3CC1C[C@H](C2)C3. The van der Waals surface area contributed by atoms with Gasteiger partial charge in [0.05, 0.1) is 6.26 Å². The van der Waals surface area contributed by atoms with E-state index in [4.69, 9.17) is 0 Å². The third kappa shape index (κ3) is 3.69. The molecule has 0 aromatic rings. The van der Waals surface area contributed by atoms with Crippen LogP contribution in [0, 0.1) is 17.8 Å². The Labute approximate surface area is 126 Å². The van der Waals surface area contributed by atoms with E-state index in [9.17, 15) is 13.2 Å². The second kappa shape index (κ2) is 5.76. The number of hydrogen-bond acceptors (Lipinski definition) is 3. The minimum atomic E-state index is -3.18. The molecule has 0 spiro atoms. The van der Waals surface area contributed by atoms with Crippen molar-refractivity contribution in [3.05, 3.63) is 0 Å². The van der Waals surface area contributed by atoms with Crippen molar-refractivity contribution < 1.29 is 13.2 Å². The molecule has 4 bridgehead atoms. The summed E-state index contributed by atoms with van der Waals surface area (Å²) in [6.45, 7) is 1.47. The topological polar surface area (TPSA) is 78.5 Å². The molecular weight excluding hydrogens is 290 g/mol. The number of carbonyl (C=O) groups is 1. The molecule has 0 radical (unpaired) electrons. The first kappa shape index (κ1) is 15.1. The molecule has 2 aliphatic heterocycles. The Kier molecular flexibility index (Phi) is 4.14. The summed E-state index contributed by atoms with van der Waals surface area (Å²) in [5, 5.41) is 2.86. The van der Waals surface area contributed by atoms with Gasteiger partial charge in [-0.25, -0.2) is 17.9 Å². The highest BCUT2D eigenvalue weighted by Gasteiger charge is 2.43. The van der Waals surface area contributed by atoms with Gasteiger partial charge >= 0.3 is 6.03 Å². The van der Waals surface area contributed by atoms with E-state index in [-0.39, 0.29) is 12.6 Å². The lowest BCUT2D eigenvalue weighted by molar-refractivity contribution is 0.132. The number of amides is 2. The molecule has 0 aromatic heterocycles. The fourth-order valence-corrected chi connectivity index (χ4v) is 5.01. The molecule has 4 rings (SSSR count). The fourth-order valence-electron chi connectivity index (χ4n) is 4.54. The lowest BCUT2D eigenvalue weighted by Gasteiger charge is -2.38. The second-order valence-electron chi connectivity index (χ2n) is 6.98. The quantitative estimate of drug-likeness (QED) is 0.752. The molecule has 4 fully saturated rings. The maximum absolute atomic E-state index is 12.4. The van der Waals surface area contributed by atoms with Crippen LogP contribution >= 0.6 is 0 Å². The predicted molar refractivity (Wildman–Crippen MR) is 80.3 cm³/mol. The molecular formula is C14H25N3O3S. The molecule has 2 aliphatic carbocycles. The Balaban J connectivity index is 1.53. The first-order chi connectivity index (χ1) is 9.90. The number of urea groups is 1. The van der Waals surface area contributed by atoms with Gasteiger partial charge in [0.25, 0.3) is 0 Å². The summed E-state index contributed by atoms with van der Waals surface area (Å²) in [6, 6.07) is 0.368. The number of sulfonamides is 1. The molecule has 2 heterocycles. The summed E-state index contributed by atoms with van der Waals surface area (Å²) in [7, 11) is -3.18. The Morgan fingerprint density at radius 1 is 1.05 bits per heavy atom. The lowest BCUT2D eigenvalue weighted by atomic mass is 9.68. The minimum absolute atomic E-state index is 0.0245. The number of carbonyl (C=O) groups excluding carboxylic acids is 1. The highest BCUT2D eigenvalue weighted by molar-refractivity contribution is 7.88. The maximum Gasteiger partial charge on any atom is 0.317 e. The van der Waals surface area contributed by atoms with E-state index < -0.39 is 10.0 Å². The van der Waals surface area contributed by atoms with Gasteiger partial charge in [-0.3, -0.25) is 0 Å². The van der Waals surface area contributed by atoms with Crippen LogP contribution in [0.3, 0.4) is 0 Å². The van der Waals surface area contributed by atoms with Crippen LogP contribution in [0.4, 0.5) is 4.79 Å². The van der Waals surface area contributed by atoms with Gasteiger partial charge in [-0.2, -0.15) is 0 Å². The van der Waals surface area contributed by atoms with Crippen LogP contribution in [-0.2, 0) is 10.0 Å². The Morgan fingerprint density at radius 3 is 2.29 bits per heavy atom. The lowest BCUT2D eigenvalue weighted by Crippen LogP contribution is -2.48. The zero-order valence-electron chi connectivity index (χ0n) is 12.5. The average molecular weight is 315 g/mol. The summed E-state index contributed by atoms with van der Waals surface area (Å²) in [4.78, 5) is 14.4. The summed E-state index contributed by atoms with van der Waals surface area (Å²) in [6.07, 6.45) is 7.36. The molecule has 4 atom stereocenters. The van der Waals surface area contributed by atoms with Crippen molar-refractivity contribution in [2.45, 2.75) is 38.1 Å². The Hall–Kier alpha value is -0.820. The van der Waals surface area contributed by atoms with Gasteiger partial charge < -0.3 is 10.2 Å². The van der Waals surface area contributed by atoms with E-state index in [1.165, 1.54) is 19.3 Å². The van der Waals surface area contributed by atoms with Crippen molar-refractivity contribution in [3.63, 3.8) is 0 Å². The average Bonchev–Trinajstić information content (AvgIpc) is 2.57. The highest BCUT2D eigenvalue weighted by Crippen LogP contribution is 2.47. The zero-order valence-corrected chi connectivity index (χ0v) is 13.4. The number of nitrogens with one attached hydrogen (secondary N) is 2. The van der Waals surface area contributed by atoms with E-state index in [1.54, 1.807) is 0 Å². The van der Waals surface area contributed by atoms with Gasteiger partial charge in [0.15, 0.2) is 0 Å². The van der Waals surface area contributed by atoms with Crippen LogP contribution in [0.15, 0.2) is 0 Å². The summed E-state index contributed by atoms with van der Waals surface area (Å²) >= 11 is 0. The predicted octanol–water partition coefficient (Wildman–Crippen LogP) is 0.756. The van der Waals surface area contributed by atoms with E-state index >= 15 is 0 Å².